The van der Waals surface area contributed by atoms with Crippen LogP contribution in [0.15, 0.2) is 18.3 Å². The Bertz CT molecular complexity index is 461. The van der Waals surface area contributed by atoms with Crippen LogP contribution in [-0.2, 0) is 6.54 Å². The molecule has 1 aromatic rings. The van der Waals surface area contributed by atoms with Crippen LogP contribution < -0.4 is 10.1 Å². The predicted octanol–water partition coefficient (Wildman–Crippen LogP) is 2.65. The quantitative estimate of drug-likeness (QED) is 0.818. The molecule has 4 heteroatoms. The molecule has 1 aliphatic carbocycles. The lowest BCUT2D eigenvalue weighted by atomic mass is 10.0. The van der Waals surface area contributed by atoms with Crippen LogP contribution in [0.5, 0.6) is 5.88 Å². The Morgan fingerprint density at radius 3 is 2.95 bits per heavy atom. The van der Waals surface area contributed by atoms with E-state index in [4.69, 9.17) is 10.00 Å². The monoisotopic (exact) mass is 259 g/mol. The van der Waals surface area contributed by atoms with E-state index in [0.717, 1.165) is 31.5 Å². The van der Waals surface area contributed by atoms with E-state index in [9.17, 15) is 0 Å². The summed E-state index contributed by atoms with van der Waals surface area (Å²) in [5, 5.41) is 12.2. The highest BCUT2D eigenvalue weighted by Crippen LogP contribution is 2.47. The molecule has 1 aromatic heterocycles. The highest BCUT2D eigenvalue weighted by molar-refractivity contribution is 5.25. The molecule has 0 unspecified atom stereocenters. The van der Waals surface area contributed by atoms with E-state index in [2.05, 4.69) is 16.4 Å². The molecule has 2 rings (SSSR count). The lowest BCUT2D eigenvalue weighted by Crippen LogP contribution is -2.24. The van der Waals surface area contributed by atoms with Crippen molar-refractivity contribution in [1.29, 1.82) is 5.26 Å². The van der Waals surface area contributed by atoms with Crippen molar-refractivity contribution in [2.45, 2.75) is 45.8 Å². The Kier molecular flexibility index (Phi) is 4.39. The van der Waals surface area contributed by atoms with Crippen molar-refractivity contribution in [1.82, 2.24) is 10.3 Å². The number of pyridine rings is 1. The van der Waals surface area contributed by atoms with Gasteiger partial charge in [0.25, 0.3) is 0 Å². The number of rotatable bonds is 7. The van der Waals surface area contributed by atoms with Crippen LogP contribution in [0.25, 0.3) is 0 Å². The number of ether oxygens (including phenoxy) is 1. The highest BCUT2D eigenvalue weighted by Gasteiger charge is 2.41. The van der Waals surface area contributed by atoms with Crippen LogP contribution >= 0.6 is 0 Å². The summed E-state index contributed by atoms with van der Waals surface area (Å²) in [4.78, 5) is 4.27. The lowest BCUT2D eigenvalue weighted by Gasteiger charge is -2.15. The molecule has 0 aromatic carbocycles. The van der Waals surface area contributed by atoms with Crippen molar-refractivity contribution in [3.63, 3.8) is 0 Å². The molecule has 1 heterocycles. The van der Waals surface area contributed by atoms with Crippen molar-refractivity contribution < 1.29 is 4.74 Å². The van der Waals surface area contributed by atoms with Crippen molar-refractivity contribution in [3.05, 3.63) is 23.9 Å². The second-order valence-electron chi connectivity index (χ2n) is 5.57. The summed E-state index contributed by atoms with van der Waals surface area (Å²) in [5.74, 6) is 0.704. The van der Waals surface area contributed by atoms with Gasteiger partial charge < -0.3 is 10.1 Å². The molecule has 0 bridgehead atoms. The van der Waals surface area contributed by atoms with Gasteiger partial charge in [0, 0.05) is 31.3 Å². The van der Waals surface area contributed by atoms with Crippen molar-refractivity contribution in [3.8, 4) is 11.9 Å². The second-order valence-corrected chi connectivity index (χ2v) is 5.57. The summed E-state index contributed by atoms with van der Waals surface area (Å²) in [7, 11) is 0. The van der Waals surface area contributed by atoms with Gasteiger partial charge in [-0.15, -0.1) is 0 Å². The molecule has 0 atom stereocenters. The van der Waals surface area contributed by atoms with Gasteiger partial charge in [0.05, 0.1) is 12.2 Å². The van der Waals surface area contributed by atoms with Crippen molar-refractivity contribution in [2.75, 3.05) is 6.54 Å². The molecule has 1 fully saturated rings. The fraction of sp³-hybridized carbons (Fsp3) is 0.600. The van der Waals surface area contributed by atoms with E-state index < -0.39 is 0 Å². The Hall–Kier alpha value is -1.60. The van der Waals surface area contributed by atoms with Crippen LogP contribution in [0.4, 0.5) is 0 Å². The Balaban J connectivity index is 1.87. The summed E-state index contributed by atoms with van der Waals surface area (Å²) in [6, 6.07) is 6.23. The molecule has 19 heavy (non-hydrogen) atoms. The first kappa shape index (κ1) is 13.8. The predicted molar refractivity (Wildman–Crippen MR) is 73.6 cm³/mol. The molecule has 1 saturated carbocycles. The van der Waals surface area contributed by atoms with Gasteiger partial charge >= 0.3 is 0 Å². The molecule has 0 saturated heterocycles. The number of hydrogen-bond donors (Lipinski definition) is 1. The number of nitrogens with one attached hydrogen (secondary N) is 1. The van der Waals surface area contributed by atoms with Crippen molar-refractivity contribution in [2.24, 2.45) is 5.41 Å². The van der Waals surface area contributed by atoms with E-state index in [1.807, 2.05) is 26.0 Å². The van der Waals surface area contributed by atoms with Gasteiger partial charge in [-0.1, -0.05) is 6.07 Å². The third-order valence-corrected chi connectivity index (χ3v) is 3.42. The summed E-state index contributed by atoms with van der Waals surface area (Å²) < 4.78 is 5.69. The van der Waals surface area contributed by atoms with Gasteiger partial charge in [0.15, 0.2) is 0 Å². The Morgan fingerprint density at radius 1 is 1.53 bits per heavy atom. The first-order valence-corrected chi connectivity index (χ1v) is 6.83. The van der Waals surface area contributed by atoms with Gasteiger partial charge in [0.2, 0.25) is 5.88 Å². The van der Waals surface area contributed by atoms with Crippen LogP contribution in [0.3, 0.4) is 0 Å². The van der Waals surface area contributed by atoms with E-state index in [1.165, 1.54) is 0 Å². The number of hydrogen-bond acceptors (Lipinski definition) is 4. The second kappa shape index (κ2) is 6.03. The average Bonchev–Trinajstić information content (AvgIpc) is 3.11. The minimum absolute atomic E-state index is 0.127. The number of aromatic nitrogens is 1. The van der Waals surface area contributed by atoms with Crippen LogP contribution in [-0.4, -0.2) is 17.6 Å². The topological polar surface area (TPSA) is 57.9 Å². The first-order chi connectivity index (χ1) is 9.15. The van der Waals surface area contributed by atoms with Crippen molar-refractivity contribution >= 4 is 0 Å². The molecule has 1 aliphatic rings. The minimum atomic E-state index is 0.127. The third-order valence-electron chi connectivity index (χ3n) is 3.42. The highest BCUT2D eigenvalue weighted by atomic mass is 16.5. The lowest BCUT2D eigenvalue weighted by molar-refractivity contribution is 0.229. The molecule has 1 N–H and O–H groups in total. The van der Waals surface area contributed by atoms with Gasteiger partial charge in [-0.25, -0.2) is 4.98 Å². The molecule has 0 radical (unpaired) electrons. The Labute approximate surface area is 114 Å². The standard InChI is InChI=1S/C15H21N3O/c1-12(2)19-14-13(4-3-9-18-14)10-17-11-15(5-6-15)7-8-16/h3-4,9,12,17H,5-7,10-11H2,1-2H3. The average molecular weight is 259 g/mol. The third kappa shape index (κ3) is 3.93. The zero-order chi connectivity index (χ0) is 13.7. The molecule has 0 aliphatic heterocycles. The largest absolute Gasteiger partial charge is 0.475 e. The van der Waals surface area contributed by atoms with Crippen LogP contribution in [0.1, 0.15) is 38.7 Å². The number of nitriles is 1. The zero-order valence-electron chi connectivity index (χ0n) is 11.6. The fourth-order valence-corrected chi connectivity index (χ4v) is 2.11. The summed E-state index contributed by atoms with van der Waals surface area (Å²) in [6.45, 7) is 5.63. The van der Waals surface area contributed by atoms with E-state index in [0.29, 0.717) is 12.3 Å². The molecule has 0 spiro atoms. The van der Waals surface area contributed by atoms with Crippen LogP contribution in [0, 0.1) is 16.7 Å². The van der Waals surface area contributed by atoms with Gasteiger partial charge in [-0.2, -0.15) is 5.26 Å². The van der Waals surface area contributed by atoms with E-state index in [-0.39, 0.29) is 11.5 Å². The summed E-state index contributed by atoms with van der Waals surface area (Å²) in [5.41, 5.74) is 1.31. The molecule has 102 valence electrons. The van der Waals surface area contributed by atoms with Gasteiger partial charge in [-0.3, -0.25) is 0 Å². The fourth-order valence-electron chi connectivity index (χ4n) is 2.11. The Morgan fingerprint density at radius 2 is 2.32 bits per heavy atom. The molecule has 4 nitrogen and oxygen atoms in total. The maximum Gasteiger partial charge on any atom is 0.218 e. The maximum atomic E-state index is 8.79. The normalized spacial score (nSPS) is 16.1. The summed E-state index contributed by atoms with van der Waals surface area (Å²) >= 11 is 0. The molecular formula is C15H21N3O. The summed E-state index contributed by atoms with van der Waals surface area (Å²) in [6.07, 6.45) is 4.86. The van der Waals surface area contributed by atoms with E-state index in [1.54, 1.807) is 6.20 Å². The molecule has 0 amide bonds. The van der Waals surface area contributed by atoms with Gasteiger partial charge in [0.1, 0.15) is 0 Å². The van der Waals surface area contributed by atoms with E-state index >= 15 is 0 Å². The first-order valence-electron chi connectivity index (χ1n) is 6.83. The smallest absolute Gasteiger partial charge is 0.218 e. The number of nitrogens with zero attached hydrogens (tertiary/aromatic N) is 2. The minimum Gasteiger partial charge on any atom is -0.475 e. The van der Waals surface area contributed by atoms with Gasteiger partial charge in [-0.05, 0) is 38.2 Å². The molecular weight excluding hydrogens is 238 g/mol. The van der Waals surface area contributed by atoms with Crippen LogP contribution in [0.2, 0.25) is 0 Å². The maximum absolute atomic E-state index is 8.79. The SMILES string of the molecule is CC(C)Oc1ncccc1CNCC1(CC#N)CC1. The zero-order valence-corrected chi connectivity index (χ0v) is 11.6.